The molecule has 0 amide bonds. The van der Waals surface area contributed by atoms with Crippen LogP contribution in [0, 0.1) is 0 Å². The van der Waals surface area contributed by atoms with E-state index in [1.54, 1.807) is 6.20 Å². The largest absolute Gasteiger partial charge is 0.315 e. The molecule has 0 aliphatic heterocycles. The Labute approximate surface area is 141 Å². The highest BCUT2D eigenvalue weighted by atomic mass is 35.5. The number of pyridine rings is 1. The molecule has 7 heteroatoms. The van der Waals surface area contributed by atoms with E-state index >= 15 is 0 Å². The van der Waals surface area contributed by atoms with Gasteiger partial charge in [-0.05, 0) is 23.8 Å². The van der Waals surface area contributed by atoms with Gasteiger partial charge < -0.3 is 4.57 Å². The normalized spacial score (nSPS) is 11.4. The van der Waals surface area contributed by atoms with E-state index in [0.717, 1.165) is 27.9 Å². The summed E-state index contributed by atoms with van der Waals surface area (Å²) in [4.78, 5) is 17.1. The maximum atomic E-state index is 6.09. The molecular weight excluding hydrogens is 333 g/mol. The number of hydrogen-bond donors (Lipinski definition) is 0. The van der Waals surface area contributed by atoms with E-state index in [1.165, 1.54) is 6.33 Å². The number of aryl methyl sites for hydroxylation is 1. The van der Waals surface area contributed by atoms with Crippen molar-refractivity contribution in [3.63, 3.8) is 0 Å². The molecule has 4 aromatic rings. The van der Waals surface area contributed by atoms with Gasteiger partial charge in [0.15, 0.2) is 10.8 Å². The van der Waals surface area contributed by atoms with Crippen molar-refractivity contribution in [3.8, 4) is 0 Å². The van der Waals surface area contributed by atoms with E-state index in [0.29, 0.717) is 22.1 Å². The van der Waals surface area contributed by atoms with Crippen molar-refractivity contribution in [1.29, 1.82) is 0 Å². The Morgan fingerprint density at radius 1 is 1.09 bits per heavy atom. The quantitative estimate of drug-likeness (QED) is 0.519. The first kappa shape index (κ1) is 14.4. The van der Waals surface area contributed by atoms with Crippen LogP contribution in [0.4, 0.5) is 0 Å². The smallest absolute Gasteiger partial charge is 0.164 e. The minimum absolute atomic E-state index is 0.367. The number of benzene rings is 1. The van der Waals surface area contributed by atoms with Crippen LogP contribution in [0.5, 0.6) is 0 Å². The lowest BCUT2D eigenvalue weighted by Gasteiger charge is -2.04. The van der Waals surface area contributed by atoms with Crippen LogP contribution in [0.25, 0.3) is 22.1 Å². The maximum absolute atomic E-state index is 6.09. The molecule has 0 N–H and O–H groups in total. The first-order valence-corrected chi connectivity index (χ1v) is 7.73. The summed E-state index contributed by atoms with van der Waals surface area (Å²) in [5.41, 5.74) is 3.38. The average Bonchev–Trinajstić information content (AvgIpc) is 2.85. The SMILES string of the molecule is Cn1c(Cc2ccc3ncc(Cl)cc3c2)nc2c(Cl)ncnc21. The minimum atomic E-state index is 0.367. The molecule has 0 saturated heterocycles. The van der Waals surface area contributed by atoms with Gasteiger partial charge in [-0.3, -0.25) is 4.98 Å². The fourth-order valence-corrected chi connectivity index (χ4v) is 2.96. The molecule has 0 spiro atoms. The number of rotatable bonds is 2. The summed E-state index contributed by atoms with van der Waals surface area (Å²) in [6, 6.07) is 8.00. The van der Waals surface area contributed by atoms with Gasteiger partial charge in [0.1, 0.15) is 17.7 Å². The standard InChI is InChI=1S/C16H11Cl2N5/c1-23-13(22-14-15(18)20-8-21-16(14)23)5-9-2-3-12-10(4-9)6-11(17)7-19-12/h2-4,6-8H,5H2,1H3. The van der Waals surface area contributed by atoms with Crippen LogP contribution in [-0.2, 0) is 13.5 Å². The van der Waals surface area contributed by atoms with Crippen LogP contribution in [0.1, 0.15) is 11.4 Å². The van der Waals surface area contributed by atoms with Crippen LogP contribution < -0.4 is 0 Å². The predicted octanol–water partition coefficient (Wildman–Crippen LogP) is 3.81. The summed E-state index contributed by atoms with van der Waals surface area (Å²) in [6.07, 6.45) is 3.75. The van der Waals surface area contributed by atoms with E-state index in [9.17, 15) is 0 Å². The predicted molar refractivity (Wildman–Crippen MR) is 90.9 cm³/mol. The number of hydrogen-bond acceptors (Lipinski definition) is 4. The Hall–Kier alpha value is -2.24. The molecule has 23 heavy (non-hydrogen) atoms. The molecule has 5 nitrogen and oxygen atoms in total. The van der Waals surface area contributed by atoms with E-state index in [-0.39, 0.29) is 0 Å². The van der Waals surface area contributed by atoms with Crippen molar-refractivity contribution in [2.45, 2.75) is 6.42 Å². The van der Waals surface area contributed by atoms with Gasteiger partial charge in [-0.15, -0.1) is 0 Å². The summed E-state index contributed by atoms with van der Waals surface area (Å²) in [5, 5.41) is 2.00. The monoisotopic (exact) mass is 343 g/mol. The number of fused-ring (bicyclic) bond motifs is 2. The fourth-order valence-electron chi connectivity index (χ4n) is 2.62. The molecule has 3 aromatic heterocycles. The van der Waals surface area contributed by atoms with Crippen molar-refractivity contribution in [2.75, 3.05) is 0 Å². The van der Waals surface area contributed by atoms with Crippen molar-refractivity contribution < 1.29 is 0 Å². The van der Waals surface area contributed by atoms with Crippen LogP contribution in [0.3, 0.4) is 0 Å². The van der Waals surface area contributed by atoms with Gasteiger partial charge in [0.2, 0.25) is 0 Å². The zero-order valence-electron chi connectivity index (χ0n) is 12.2. The third-order valence-electron chi connectivity index (χ3n) is 3.78. The van der Waals surface area contributed by atoms with Crippen LogP contribution in [-0.4, -0.2) is 24.5 Å². The molecular formula is C16H11Cl2N5. The van der Waals surface area contributed by atoms with Gasteiger partial charge in [0.25, 0.3) is 0 Å². The van der Waals surface area contributed by atoms with Crippen molar-refractivity contribution in [2.24, 2.45) is 7.05 Å². The molecule has 0 bridgehead atoms. The molecule has 1 aromatic carbocycles. The highest BCUT2D eigenvalue weighted by molar-refractivity contribution is 6.33. The molecule has 0 aliphatic carbocycles. The van der Waals surface area contributed by atoms with Crippen molar-refractivity contribution >= 4 is 45.3 Å². The topological polar surface area (TPSA) is 56.5 Å². The van der Waals surface area contributed by atoms with Crippen LogP contribution >= 0.6 is 23.2 Å². The van der Waals surface area contributed by atoms with E-state index < -0.39 is 0 Å². The van der Waals surface area contributed by atoms with Crippen molar-refractivity contribution in [3.05, 3.63) is 58.4 Å². The van der Waals surface area contributed by atoms with Gasteiger partial charge in [0, 0.05) is 25.1 Å². The van der Waals surface area contributed by atoms with Gasteiger partial charge >= 0.3 is 0 Å². The van der Waals surface area contributed by atoms with E-state index in [2.05, 4.69) is 26.0 Å². The second kappa shape index (κ2) is 5.44. The molecule has 0 aliphatic rings. The Kier molecular flexibility index (Phi) is 3.39. The first-order chi connectivity index (χ1) is 11.1. The number of aromatic nitrogens is 5. The van der Waals surface area contributed by atoms with E-state index in [4.69, 9.17) is 23.2 Å². The molecule has 3 heterocycles. The van der Waals surface area contributed by atoms with Crippen LogP contribution in [0.2, 0.25) is 10.2 Å². The van der Waals surface area contributed by atoms with E-state index in [1.807, 2.05) is 29.8 Å². The summed E-state index contributed by atoms with van der Waals surface area (Å²) in [5.74, 6) is 0.872. The molecule has 0 unspecified atom stereocenters. The lowest BCUT2D eigenvalue weighted by Crippen LogP contribution is -2.00. The first-order valence-electron chi connectivity index (χ1n) is 6.98. The molecule has 0 fully saturated rings. The lowest BCUT2D eigenvalue weighted by atomic mass is 10.1. The summed E-state index contributed by atoms with van der Waals surface area (Å²) in [6.45, 7) is 0. The fraction of sp³-hybridized carbons (Fsp3) is 0.125. The molecule has 0 saturated carbocycles. The second-order valence-corrected chi connectivity index (χ2v) is 6.08. The maximum Gasteiger partial charge on any atom is 0.164 e. The van der Waals surface area contributed by atoms with Crippen molar-refractivity contribution in [1.82, 2.24) is 24.5 Å². The second-order valence-electron chi connectivity index (χ2n) is 5.28. The number of nitrogens with zero attached hydrogens (tertiary/aromatic N) is 5. The highest BCUT2D eigenvalue weighted by Gasteiger charge is 2.13. The van der Waals surface area contributed by atoms with Gasteiger partial charge in [0.05, 0.1) is 10.5 Å². The Balaban J connectivity index is 1.78. The van der Waals surface area contributed by atoms with Gasteiger partial charge in [-0.2, -0.15) is 0 Å². The number of imidazole rings is 1. The van der Waals surface area contributed by atoms with Crippen LogP contribution in [0.15, 0.2) is 36.8 Å². The number of halogens is 2. The summed E-state index contributed by atoms with van der Waals surface area (Å²) < 4.78 is 1.93. The third-order valence-corrected chi connectivity index (χ3v) is 4.26. The highest BCUT2D eigenvalue weighted by Crippen LogP contribution is 2.22. The Bertz CT molecular complexity index is 1040. The molecule has 0 radical (unpaired) electrons. The lowest BCUT2D eigenvalue weighted by molar-refractivity contribution is 0.835. The average molecular weight is 344 g/mol. The molecule has 4 rings (SSSR count). The summed E-state index contributed by atoms with van der Waals surface area (Å²) in [7, 11) is 1.92. The summed E-state index contributed by atoms with van der Waals surface area (Å²) >= 11 is 12.1. The Morgan fingerprint density at radius 3 is 2.78 bits per heavy atom. The zero-order valence-corrected chi connectivity index (χ0v) is 13.7. The third kappa shape index (κ3) is 2.52. The molecule has 114 valence electrons. The van der Waals surface area contributed by atoms with Gasteiger partial charge in [-0.1, -0.05) is 29.3 Å². The zero-order chi connectivity index (χ0) is 16.0. The van der Waals surface area contributed by atoms with Gasteiger partial charge in [-0.25, -0.2) is 15.0 Å². The minimum Gasteiger partial charge on any atom is -0.315 e. The Morgan fingerprint density at radius 2 is 1.96 bits per heavy atom. The molecule has 0 atom stereocenters.